The second kappa shape index (κ2) is 6.30. The van der Waals surface area contributed by atoms with E-state index in [4.69, 9.17) is 5.73 Å². The van der Waals surface area contributed by atoms with Crippen LogP contribution in [0.5, 0.6) is 0 Å². The molecule has 0 radical (unpaired) electrons. The Morgan fingerprint density at radius 2 is 2.06 bits per heavy atom. The first-order valence-electron chi connectivity index (χ1n) is 5.28. The highest BCUT2D eigenvalue weighted by molar-refractivity contribution is 7.99. The van der Waals surface area contributed by atoms with Crippen LogP contribution in [0.2, 0.25) is 0 Å². The largest absolute Gasteiger partial charge is 0.351 e. The number of benzene rings is 1. The molecule has 0 aliphatic carbocycles. The van der Waals surface area contributed by atoms with Crippen LogP contribution in [0.25, 0.3) is 0 Å². The van der Waals surface area contributed by atoms with Crippen LogP contribution < -0.4 is 11.1 Å². The van der Waals surface area contributed by atoms with Crippen LogP contribution in [0.1, 0.15) is 17.5 Å². The van der Waals surface area contributed by atoms with Gasteiger partial charge in [0.05, 0.1) is 0 Å². The maximum absolute atomic E-state index is 11.2. The average Bonchev–Trinajstić information content (AvgIpc) is 2.20. The number of carbonyl (C=O) groups is 2. The standard InChI is InChI=1S/C12H16N2O2S/c1-8-3-4-10(9(2)7-8)17-6-5-11(15)14-12(13)16/h3-4,7H,5-6H2,1-2H3,(H3,13,14,15,16). The highest BCUT2D eigenvalue weighted by Crippen LogP contribution is 2.23. The molecule has 0 aliphatic rings. The third-order valence-electron chi connectivity index (χ3n) is 2.18. The van der Waals surface area contributed by atoms with Crippen molar-refractivity contribution in [2.75, 3.05) is 5.75 Å². The first-order chi connectivity index (χ1) is 7.99. The number of primary amides is 1. The Balaban J connectivity index is 2.41. The Morgan fingerprint density at radius 1 is 1.35 bits per heavy atom. The molecule has 0 spiro atoms. The predicted octanol–water partition coefficient (Wildman–Crippen LogP) is 1.98. The summed E-state index contributed by atoms with van der Waals surface area (Å²) in [6.07, 6.45) is 0.279. The number of thioether (sulfide) groups is 1. The lowest BCUT2D eigenvalue weighted by molar-refractivity contribution is -0.119. The molecule has 0 aromatic heterocycles. The van der Waals surface area contributed by atoms with Gasteiger partial charge in [0.25, 0.3) is 0 Å². The average molecular weight is 252 g/mol. The van der Waals surface area contributed by atoms with Gasteiger partial charge < -0.3 is 5.73 Å². The Labute approximate surface area is 105 Å². The minimum absolute atomic E-state index is 0.279. The second-order valence-electron chi connectivity index (χ2n) is 3.78. The fraction of sp³-hybridized carbons (Fsp3) is 0.333. The first kappa shape index (κ1) is 13.6. The van der Waals surface area contributed by atoms with Crippen LogP contribution in [0.15, 0.2) is 23.1 Å². The SMILES string of the molecule is Cc1ccc(SCCC(=O)NC(N)=O)c(C)c1. The van der Waals surface area contributed by atoms with Crippen molar-refractivity contribution in [1.82, 2.24) is 5.32 Å². The molecule has 0 saturated heterocycles. The summed E-state index contributed by atoms with van der Waals surface area (Å²) in [5.74, 6) is 0.290. The van der Waals surface area contributed by atoms with Gasteiger partial charge in [-0.3, -0.25) is 10.1 Å². The second-order valence-corrected chi connectivity index (χ2v) is 4.92. The van der Waals surface area contributed by atoms with Crippen molar-refractivity contribution >= 4 is 23.7 Å². The number of imide groups is 1. The van der Waals surface area contributed by atoms with Crippen LogP contribution in [0.3, 0.4) is 0 Å². The third kappa shape index (κ3) is 4.91. The van der Waals surface area contributed by atoms with Crippen molar-refractivity contribution < 1.29 is 9.59 Å². The molecule has 0 unspecified atom stereocenters. The van der Waals surface area contributed by atoms with Gasteiger partial charge in [0, 0.05) is 17.1 Å². The summed E-state index contributed by atoms with van der Waals surface area (Å²) < 4.78 is 0. The van der Waals surface area contributed by atoms with E-state index in [0.29, 0.717) is 5.75 Å². The lowest BCUT2D eigenvalue weighted by Crippen LogP contribution is -2.35. The molecular weight excluding hydrogens is 236 g/mol. The van der Waals surface area contributed by atoms with E-state index in [9.17, 15) is 9.59 Å². The maximum Gasteiger partial charge on any atom is 0.318 e. The zero-order valence-electron chi connectivity index (χ0n) is 9.95. The number of hydrogen-bond donors (Lipinski definition) is 2. The van der Waals surface area contributed by atoms with Crippen LogP contribution in [0.4, 0.5) is 4.79 Å². The summed E-state index contributed by atoms with van der Waals surface area (Å²) in [5.41, 5.74) is 7.26. The molecule has 5 heteroatoms. The number of rotatable bonds is 4. The third-order valence-corrected chi connectivity index (χ3v) is 3.36. The molecule has 0 heterocycles. The zero-order chi connectivity index (χ0) is 12.8. The van der Waals surface area contributed by atoms with Gasteiger partial charge in [0.2, 0.25) is 5.91 Å². The van der Waals surface area contributed by atoms with Crippen molar-refractivity contribution in [2.24, 2.45) is 5.73 Å². The number of hydrogen-bond acceptors (Lipinski definition) is 3. The number of urea groups is 1. The fourth-order valence-electron chi connectivity index (χ4n) is 1.41. The summed E-state index contributed by atoms with van der Waals surface area (Å²) in [4.78, 5) is 22.7. The molecule has 3 amide bonds. The topological polar surface area (TPSA) is 72.2 Å². The Kier molecular flexibility index (Phi) is 5.03. The molecule has 1 aromatic rings. The molecule has 0 atom stereocenters. The summed E-state index contributed by atoms with van der Waals surface area (Å²) in [6.45, 7) is 4.08. The van der Waals surface area contributed by atoms with E-state index in [1.165, 1.54) is 11.1 Å². The molecule has 4 nitrogen and oxygen atoms in total. The Hall–Kier alpha value is -1.49. The van der Waals surface area contributed by atoms with Crippen molar-refractivity contribution in [3.8, 4) is 0 Å². The lowest BCUT2D eigenvalue weighted by Gasteiger charge is -2.06. The van der Waals surface area contributed by atoms with E-state index in [0.717, 1.165) is 4.90 Å². The molecule has 0 bridgehead atoms. The predicted molar refractivity (Wildman–Crippen MR) is 69.0 cm³/mol. The number of aryl methyl sites for hydroxylation is 2. The zero-order valence-corrected chi connectivity index (χ0v) is 10.8. The number of nitrogens with two attached hydrogens (primary N) is 1. The molecule has 1 aromatic carbocycles. The summed E-state index contributed by atoms with van der Waals surface area (Å²) in [6, 6.07) is 5.39. The van der Waals surface area contributed by atoms with Gasteiger partial charge in [-0.1, -0.05) is 17.7 Å². The normalized spacial score (nSPS) is 10.0. The minimum atomic E-state index is -0.800. The summed E-state index contributed by atoms with van der Waals surface area (Å²) in [7, 11) is 0. The lowest BCUT2D eigenvalue weighted by atomic mass is 10.2. The highest BCUT2D eigenvalue weighted by atomic mass is 32.2. The van der Waals surface area contributed by atoms with E-state index < -0.39 is 6.03 Å². The number of carbonyl (C=O) groups excluding carboxylic acids is 2. The van der Waals surface area contributed by atoms with Gasteiger partial charge in [0.15, 0.2) is 0 Å². The molecule has 3 N–H and O–H groups in total. The van der Waals surface area contributed by atoms with Crippen molar-refractivity contribution in [3.63, 3.8) is 0 Å². The highest BCUT2D eigenvalue weighted by Gasteiger charge is 2.05. The maximum atomic E-state index is 11.2. The Bertz CT molecular complexity index is 433. The molecule has 17 heavy (non-hydrogen) atoms. The van der Waals surface area contributed by atoms with Crippen LogP contribution >= 0.6 is 11.8 Å². The van der Waals surface area contributed by atoms with Crippen molar-refractivity contribution in [3.05, 3.63) is 29.3 Å². The van der Waals surface area contributed by atoms with E-state index in [1.54, 1.807) is 11.8 Å². The van der Waals surface area contributed by atoms with Gasteiger partial charge in [-0.05, 0) is 25.5 Å². The van der Waals surface area contributed by atoms with Crippen LogP contribution in [-0.4, -0.2) is 17.7 Å². The van der Waals surface area contributed by atoms with Crippen molar-refractivity contribution in [1.29, 1.82) is 0 Å². The van der Waals surface area contributed by atoms with Crippen molar-refractivity contribution in [2.45, 2.75) is 25.2 Å². The molecular formula is C12H16N2O2S. The minimum Gasteiger partial charge on any atom is -0.351 e. The fourth-order valence-corrected chi connectivity index (χ4v) is 2.37. The van der Waals surface area contributed by atoms with E-state index in [2.05, 4.69) is 6.07 Å². The first-order valence-corrected chi connectivity index (χ1v) is 6.27. The number of amides is 3. The van der Waals surface area contributed by atoms with E-state index in [1.807, 2.05) is 31.3 Å². The molecule has 92 valence electrons. The number of nitrogens with one attached hydrogen (secondary N) is 1. The summed E-state index contributed by atoms with van der Waals surface area (Å²) in [5, 5.41) is 2.04. The van der Waals surface area contributed by atoms with Gasteiger partial charge in [-0.2, -0.15) is 0 Å². The molecule has 1 rings (SSSR count). The van der Waals surface area contributed by atoms with Gasteiger partial charge in [0.1, 0.15) is 0 Å². The van der Waals surface area contributed by atoms with Crippen LogP contribution in [-0.2, 0) is 4.79 Å². The molecule has 0 saturated carbocycles. The quantitative estimate of drug-likeness (QED) is 0.805. The van der Waals surface area contributed by atoms with E-state index in [-0.39, 0.29) is 12.3 Å². The monoisotopic (exact) mass is 252 g/mol. The van der Waals surface area contributed by atoms with Gasteiger partial charge in [-0.25, -0.2) is 4.79 Å². The molecule has 0 aliphatic heterocycles. The van der Waals surface area contributed by atoms with Crippen LogP contribution in [0, 0.1) is 13.8 Å². The summed E-state index contributed by atoms with van der Waals surface area (Å²) >= 11 is 1.60. The Morgan fingerprint density at radius 3 is 2.65 bits per heavy atom. The van der Waals surface area contributed by atoms with E-state index >= 15 is 0 Å². The smallest absolute Gasteiger partial charge is 0.318 e. The van der Waals surface area contributed by atoms with Gasteiger partial charge in [-0.15, -0.1) is 11.8 Å². The molecule has 0 fully saturated rings. The van der Waals surface area contributed by atoms with Gasteiger partial charge >= 0.3 is 6.03 Å².